The van der Waals surface area contributed by atoms with Crippen LogP contribution < -0.4 is 5.32 Å². The molecule has 5 nitrogen and oxygen atoms in total. The maximum Gasteiger partial charge on any atom is 0.404 e. The first-order valence-electron chi connectivity index (χ1n) is 10.6. The standard InChI is InChI=1S/C23H29BrF2NO4P/c1-3-30-32(29,31-4-2)23(25,26)20-14-13-19(17-21(20)24)15-16-27-22(28)12-8-11-18-9-6-5-7-10-18/h5-7,9-10,13-14,17H,3-4,8,11-12,15-16H2,1-2H3,(H,27,28). The van der Waals surface area contributed by atoms with Crippen molar-refractivity contribution in [2.24, 2.45) is 0 Å². The van der Waals surface area contributed by atoms with Crippen LogP contribution >= 0.6 is 23.5 Å². The van der Waals surface area contributed by atoms with Crippen molar-refractivity contribution in [3.63, 3.8) is 0 Å². The van der Waals surface area contributed by atoms with E-state index in [9.17, 15) is 18.1 Å². The Balaban J connectivity index is 1.90. The molecule has 0 saturated carbocycles. The lowest BCUT2D eigenvalue weighted by atomic mass is 10.1. The van der Waals surface area contributed by atoms with Crippen molar-refractivity contribution in [2.45, 2.75) is 45.2 Å². The third kappa shape index (κ3) is 7.20. The summed E-state index contributed by atoms with van der Waals surface area (Å²) in [6.07, 6.45) is 2.49. The van der Waals surface area contributed by atoms with E-state index in [2.05, 4.69) is 21.2 Å². The lowest BCUT2D eigenvalue weighted by molar-refractivity contribution is -0.121. The third-order valence-corrected chi connectivity index (χ3v) is 7.53. The number of benzene rings is 2. The second kappa shape index (κ2) is 12.6. The van der Waals surface area contributed by atoms with Gasteiger partial charge in [-0.25, -0.2) is 0 Å². The molecule has 1 N–H and O–H groups in total. The lowest BCUT2D eigenvalue weighted by Crippen LogP contribution is -2.25. The molecule has 2 aromatic rings. The van der Waals surface area contributed by atoms with E-state index in [1.807, 2.05) is 30.3 Å². The van der Waals surface area contributed by atoms with Gasteiger partial charge < -0.3 is 14.4 Å². The number of hydrogen-bond donors (Lipinski definition) is 1. The average Bonchev–Trinajstić information content (AvgIpc) is 2.74. The number of rotatable bonds is 13. The Morgan fingerprint density at radius 2 is 1.69 bits per heavy atom. The van der Waals surface area contributed by atoms with Gasteiger partial charge in [-0.2, -0.15) is 8.78 Å². The summed E-state index contributed by atoms with van der Waals surface area (Å²) in [6.45, 7) is 3.04. The number of hydrogen-bond acceptors (Lipinski definition) is 4. The molecule has 32 heavy (non-hydrogen) atoms. The fourth-order valence-corrected chi connectivity index (χ4v) is 5.57. The molecule has 0 atom stereocenters. The van der Waals surface area contributed by atoms with E-state index in [1.54, 1.807) is 0 Å². The number of carbonyl (C=O) groups excluding carboxylic acids is 1. The molecule has 0 bridgehead atoms. The van der Waals surface area contributed by atoms with E-state index < -0.39 is 18.8 Å². The summed E-state index contributed by atoms with van der Waals surface area (Å²) in [4.78, 5) is 12.0. The summed E-state index contributed by atoms with van der Waals surface area (Å²) in [6, 6.07) is 14.2. The predicted octanol–water partition coefficient (Wildman–Crippen LogP) is 6.45. The maximum absolute atomic E-state index is 15.0. The Bertz CT molecular complexity index is 917. The van der Waals surface area contributed by atoms with Gasteiger partial charge in [0.05, 0.1) is 13.2 Å². The van der Waals surface area contributed by atoms with Gasteiger partial charge in [-0.1, -0.05) is 58.4 Å². The molecule has 0 aliphatic rings. The maximum atomic E-state index is 15.0. The Labute approximate surface area is 196 Å². The highest BCUT2D eigenvalue weighted by Gasteiger charge is 2.55. The van der Waals surface area contributed by atoms with Crippen molar-refractivity contribution in [2.75, 3.05) is 19.8 Å². The highest BCUT2D eigenvalue weighted by atomic mass is 79.9. The molecule has 0 unspecified atom stereocenters. The topological polar surface area (TPSA) is 64.6 Å². The summed E-state index contributed by atoms with van der Waals surface area (Å²) in [5, 5.41) is 2.85. The minimum absolute atomic E-state index is 0.0440. The summed E-state index contributed by atoms with van der Waals surface area (Å²) in [5.41, 5.74) is -2.32. The first-order chi connectivity index (χ1) is 15.2. The van der Waals surface area contributed by atoms with E-state index in [1.165, 1.54) is 37.6 Å². The Morgan fingerprint density at radius 3 is 2.28 bits per heavy atom. The quantitative estimate of drug-likeness (QED) is 0.302. The lowest BCUT2D eigenvalue weighted by Gasteiger charge is -2.26. The van der Waals surface area contributed by atoms with Crippen LogP contribution in [0.25, 0.3) is 0 Å². The fraction of sp³-hybridized carbons (Fsp3) is 0.435. The molecule has 0 aliphatic carbocycles. The first kappa shape index (κ1) is 26.7. The summed E-state index contributed by atoms with van der Waals surface area (Å²) < 4.78 is 52.4. The van der Waals surface area contributed by atoms with Crippen LogP contribution in [0, 0.1) is 0 Å². The SMILES string of the molecule is CCOP(=O)(OCC)C(F)(F)c1ccc(CCNC(=O)CCCc2ccccc2)cc1Br. The Morgan fingerprint density at radius 1 is 1.03 bits per heavy atom. The van der Waals surface area contributed by atoms with Gasteiger partial charge in [-0.15, -0.1) is 0 Å². The number of halogens is 3. The molecule has 0 radical (unpaired) electrons. The smallest absolute Gasteiger partial charge is 0.356 e. The van der Waals surface area contributed by atoms with Crippen LogP contribution in [0.1, 0.15) is 43.4 Å². The molecule has 9 heteroatoms. The van der Waals surface area contributed by atoms with Crippen LogP contribution in [0.15, 0.2) is 53.0 Å². The van der Waals surface area contributed by atoms with Crippen LogP contribution in [-0.2, 0) is 36.9 Å². The average molecular weight is 532 g/mol. The molecular formula is C23H29BrF2NO4P. The fourth-order valence-electron chi connectivity index (χ4n) is 3.18. The van der Waals surface area contributed by atoms with Crippen LogP contribution in [0.4, 0.5) is 8.78 Å². The summed E-state index contributed by atoms with van der Waals surface area (Å²) >= 11 is 3.16. The number of alkyl halides is 2. The van der Waals surface area contributed by atoms with Gasteiger partial charge in [0, 0.05) is 23.0 Å². The number of nitrogens with one attached hydrogen (secondary N) is 1. The second-order valence-electron chi connectivity index (χ2n) is 7.13. The van der Waals surface area contributed by atoms with Gasteiger partial charge in [0.25, 0.3) is 0 Å². The van der Waals surface area contributed by atoms with Crippen LogP contribution in [0.2, 0.25) is 0 Å². The summed E-state index contributed by atoms with van der Waals surface area (Å²) in [7, 11) is -4.67. The second-order valence-corrected chi connectivity index (χ2v) is 10.1. The van der Waals surface area contributed by atoms with Gasteiger partial charge in [-0.3, -0.25) is 9.36 Å². The van der Waals surface area contributed by atoms with Gasteiger partial charge in [-0.05, 0) is 50.3 Å². The number of aryl methyl sites for hydroxylation is 1. The van der Waals surface area contributed by atoms with Crippen LogP contribution in [0.3, 0.4) is 0 Å². The zero-order chi connectivity index (χ0) is 23.6. The van der Waals surface area contributed by atoms with Gasteiger partial charge in [0.15, 0.2) is 0 Å². The number of carbonyl (C=O) groups is 1. The van der Waals surface area contributed by atoms with E-state index >= 15 is 0 Å². The van der Waals surface area contributed by atoms with Crippen molar-refractivity contribution in [1.29, 1.82) is 0 Å². The largest absolute Gasteiger partial charge is 0.404 e. The molecule has 0 fully saturated rings. The monoisotopic (exact) mass is 531 g/mol. The van der Waals surface area contributed by atoms with Crippen molar-refractivity contribution in [3.05, 3.63) is 69.7 Å². The predicted molar refractivity (Wildman–Crippen MR) is 125 cm³/mol. The third-order valence-electron chi connectivity index (χ3n) is 4.75. The number of amides is 1. The molecule has 0 saturated heterocycles. The van der Waals surface area contributed by atoms with Gasteiger partial charge in [0.1, 0.15) is 0 Å². The molecule has 0 heterocycles. The van der Waals surface area contributed by atoms with E-state index in [-0.39, 0.29) is 23.6 Å². The zero-order valence-corrected chi connectivity index (χ0v) is 20.8. The Kier molecular flexibility index (Phi) is 10.5. The normalized spacial score (nSPS) is 12.0. The molecule has 2 aromatic carbocycles. The van der Waals surface area contributed by atoms with E-state index in [4.69, 9.17) is 9.05 Å². The van der Waals surface area contributed by atoms with Gasteiger partial charge >= 0.3 is 13.3 Å². The van der Waals surface area contributed by atoms with Crippen molar-refractivity contribution < 1.29 is 27.2 Å². The highest BCUT2D eigenvalue weighted by Crippen LogP contribution is 2.67. The van der Waals surface area contributed by atoms with Crippen LogP contribution in [0.5, 0.6) is 0 Å². The molecule has 0 aliphatic heterocycles. The molecule has 0 spiro atoms. The molecule has 176 valence electrons. The van der Waals surface area contributed by atoms with Gasteiger partial charge in [0.2, 0.25) is 5.91 Å². The molecule has 1 amide bonds. The summed E-state index contributed by atoms with van der Waals surface area (Å²) in [5.74, 6) is -0.0440. The van der Waals surface area contributed by atoms with Crippen molar-refractivity contribution >= 4 is 29.4 Å². The van der Waals surface area contributed by atoms with Crippen molar-refractivity contribution in [1.82, 2.24) is 5.32 Å². The van der Waals surface area contributed by atoms with E-state index in [0.29, 0.717) is 19.4 Å². The van der Waals surface area contributed by atoms with Crippen molar-refractivity contribution in [3.8, 4) is 0 Å². The minimum Gasteiger partial charge on any atom is -0.356 e. The van der Waals surface area contributed by atoms with Crippen LogP contribution in [-0.4, -0.2) is 25.7 Å². The molecular weight excluding hydrogens is 503 g/mol. The first-order valence-corrected chi connectivity index (χ1v) is 12.9. The van der Waals surface area contributed by atoms with E-state index in [0.717, 1.165) is 18.4 Å². The molecule has 0 aromatic heterocycles. The minimum atomic E-state index is -4.67. The Hall–Kier alpha value is -1.60. The molecule has 2 rings (SSSR count). The zero-order valence-electron chi connectivity index (χ0n) is 18.3. The highest BCUT2D eigenvalue weighted by molar-refractivity contribution is 9.10.